The van der Waals surface area contributed by atoms with Crippen LogP contribution in [0.5, 0.6) is 11.5 Å². The molecule has 2 aromatic carbocycles. The molecule has 0 fully saturated rings. The Hall–Kier alpha value is -3.61. The number of methoxy groups -OCH3 is 1. The van der Waals surface area contributed by atoms with Crippen molar-refractivity contribution in [2.75, 3.05) is 12.8 Å². The van der Waals surface area contributed by atoms with E-state index >= 15 is 0 Å². The molecule has 2 aromatic heterocycles. The second-order valence-electron chi connectivity index (χ2n) is 5.68. The van der Waals surface area contributed by atoms with E-state index in [1.165, 1.54) is 0 Å². The average molecular weight is 347 g/mol. The lowest BCUT2D eigenvalue weighted by molar-refractivity contribution is 0.295. The number of anilines is 1. The van der Waals surface area contributed by atoms with Crippen molar-refractivity contribution in [3.63, 3.8) is 0 Å². The fraction of sp³-hybridized carbons (Fsp3) is 0.105. The van der Waals surface area contributed by atoms with Crippen molar-refractivity contribution in [1.29, 1.82) is 0 Å². The zero-order chi connectivity index (χ0) is 17.9. The van der Waals surface area contributed by atoms with Gasteiger partial charge in [0, 0.05) is 17.8 Å². The van der Waals surface area contributed by atoms with Gasteiger partial charge in [-0.25, -0.2) is 15.0 Å². The van der Waals surface area contributed by atoms with E-state index in [0.29, 0.717) is 6.61 Å². The second-order valence-corrected chi connectivity index (χ2v) is 5.68. The summed E-state index contributed by atoms with van der Waals surface area (Å²) in [4.78, 5) is 16.0. The number of nitrogens with one attached hydrogen (secondary N) is 1. The third kappa shape index (κ3) is 3.27. The molecule has 0 aliphatic heterocycles. The number of rotatable bonds is 5. The fourth-order valence-electron chi connectivity index (χ4n) is 2.66. The summed E-state index contributed by atoms with van der Waals surface area (Å²) >= 11 is 0. The summed E-state index contributed by atoms with van der Waals surface area (Å²) in [5.74, 6) is 2.46. The number of aromatic nitrogens is 4. The van der Waals surface area contributed by atoms with E-state index < -0.39 is 0 Å². The number of nitrogens with zero attached hydrogens (tertiary/aromatic N) is 3. The minimum Gasteiger partial charge on any atom is -0.497 e. The lowest BCUT2D eigenvalue weighted by atomic mass is 10.1. The molecular weight excluding hydrogens is 330 g/mol. The van der Waals surface area contributed by atoms with Crippen molar-refractivity contribution in [3.05, 3.63) is 60.6 Å². The highest BCUT2D eigenvalue weighted by molar-refractivity contribution is 5.81. The van der Waals surface area contributed by atoms with Crippen LogP contribution in [0.1, 0.15) is 5.82 Å². The molecule has 4 aromatic rings. The van der Waals surface area contributed by atoms with Crippen molar-refractivity contribution < 1.29 is 9.47 Å². The number of benzene rings is 2. The first kappa shape index (κ1) is 15.9. The number of hydrogen-bond donors (Lipinski definition) is 2. The molecule has 26 heavy (non-hydrogen) atoms. The molecule has 0 bridgehead atoms. The van der Waals surface area contributed by atoms with Crippen LogP contribution in [0.4, 0.5) is 5.95 Å². The molecule has 0 spiro atoms. The Morgan fingerprint density at radius 3 is 2.77 bits per heavy atom. The lowest BCUT2D eigenvalue weighted by Gasteiger charge is -2.05. The van der Waals surface area contributed by atoms with E-state index in [9.17, 15) is 0 Å². The average Bonchev–Trinajstić information content (AvgIpc) is 3.08. The van der Waals surface area contributed by atoms with Crippen LogP contribution in [0, 0.1) is 0 Å². The van der Waals surface area contributed by atoms with E-state index in [2.05, 4.69) is 19.9 Å². The molecule has 3 N–H and O–H groups in total. The van der Waals surface area contributed by atoms with Gasteiger partial charge >= 0.3 is 0 Å². The summed E-state index contributed by atoms with van der Waals surface area (Å²) in [5, 5.41) is 0. The summed E-state index contributed by atoms with van der Waals surface area (Å²) in [6.45, 7) is 0.331. The van der Waals surface area contributed by atoms with Crippen LogP contribution in [0.15, 0.2) is 54.7 Å². The van der Waals surface area contributed by atoms with Gasteiger partial charge in [-0.1, -0.05) is 12.1 Å². The Bertz CT molecular complexity index is 1060. The highest BCUT2D eigenvalue weighted by Gasteiger charge is 2.07. The van der Waals surface area contributed by atoms with Crippen molar-refractivity contribution in [2.24, 2.45) is 0 Å². The molecule has 0 saturated carbocycles. The Labute approximate surface area is 149 Å². The number of imidazole rings is 1. The molecule has 2 heterocycles. The van der Waals surface area contributed by atoms with Crippen LogP contribution in [0.25, 0.3) is 22.3 Å². The molecule has 4 rings (SSSR count). The van der Waals surface area contributed by atoms with Gasteiger partial charge in [-0.2, -0.15) is 0 Å². The van der Waals surface area contributed by atoms with E-state index in [4.69, 9.17) is 15.2 Å². The van der Waals surface area contributed by atoms with Crippen LogP contribution in [-0.2, 0) is 6.61 Å². The topological polar surface area (TPSA) is 98.9 Å². The molecular formula is C19H17N5O2. The van der Waals surface area contributed by atoms with Gasteiger partial charge in [0.05, 0.1) is 23.8 Å². The SMILES string of the molecule is COc1cccc(OCc2nc3cc(-c4ccnc(N)n4)ccc3[nH]2)c1. The number of hydrogen-bond acceptors (Lipinski definition) is 6. The lowest BCUT2D eigenvalue weighted by Crippen LogP contribution is -1.97. The Morgan fingerprint density at radius 2 is 1.92 bits per heavy atom. The maximum Gasteiger partial charge on any atom is 0.220 e. The van der Waals surface area contributed by atoms with Gasteiger partial charge in [-0.05, 0) is 30.3 Å². The molecule has 0 aliphatic rings. The zero-order valence-corrected chi connectivity index (χ0v) is 14.1. The van der Waals surface area contributed by atoms with Gasteiger partial charge < -0.3 is 20.2 Å². The van der Waals surface area contributed by atoms with E-state index in [1.54, 1.807) is 13.3 Å². The first-order chi connectivity index (χ1) is 12.7. The van der Waals surface area contributed by atoms with Crippen LogP contribution in [-0.4, -0.2) is 27.0 Å². The van der Waals surface area contributed by atoms with Crippen molar-refractivity contribution >= 4 is 17.0 Å². The highest BCUT2D eigenvalue weighted by Crippen LogP contribution is 2.23. The van der Waals surface area contributed by atoms with Gasteiger partial charge in [0.15, 0.2) is 0 Å². The van der Waals surface area contributed by atoms with Crippen LogP contribution >= 0.6 is 0 Å². The number of H-pyrrole nitrogens is 1. The second kappa shape index (κ2) is 6.72. The first-order valence-electron chi connectivity index (χ1n) is 8.06. The molecule has 7 heteroatoms. The predicted molar refractivity (Wildman–Crippen MR) is 98.9 cm³/mol. The molecule has 0 saturated heterocycles. The number of aromatic amines is 1. The number of fused-ring (bicyclic) bond motifs is 1. The Kier molecular flexibility index (Phi) is 4.10. The van der Waals surface area contributed by atoms with Gasteiger partial charge in [-0.15, -0.1) is 0 Å². The number of nitrogen functional groups attached to an aromatic ring is 1. The molecule has 130 valence electrons. The van der Waals surface area contributed by atoms with E-state index in [1.807, 2.05) is 48.5 Å². The third-order valence-corrected chi connectivity index (χ3v) is 3.92. The smallest absolute Gasteiger partial charge is 0.220 e. The van der Waals surface area contributed by atoms with Crippen molar-refractivity contribution in [1.82, 2.24) is 19.9 Å². The minimum absolute atomic E-state index is 0.247. The Balaban J connectivity index is 1.55. The molecule has 0 radical (unpaired) electrons. The summed E-state index contributed by atoms with van der Waals surface area (Å²) in [6, 6.07) is 15.2. The molecule has 7 nitrogen and oxygen atoms in total. The predicted octanol–water partition coefficient (Wildman–Crippen LogP) is 3.19. The number of ether oxygens (including phenoxy) is 2. The largest absolute Gasteiger partial charge is 0.497 e. The van der Waals surface area contributed by atoms with Crippen molar-refractivity contribution in [3.8, 4) is 22.8 Å². The quantitative estimate of drug-likeness (QED) is 0.575. The van der Waals surface area contributed by atoms with E-state index in [-0.39, 0.29) is 5.95 Å². The molecule has 0 aliphatic carbocycles. The minimum atomic E-state index is 0.247. The van der Waals surface area contributed by atoms with Gasteiger partial charge in [0.2, 0.25) is 5.95 Å². The maximum absolute atomic E-state index is 5.78. The highest BCUT2D eigenvalue weighted by atomic mass is 16.5. The molecule has 0 atom stereocenters. The standard InChI is InChI=1S/C19H17N5O2/c1-25-13-3-2-4-14(10-13)26-11-18-22-16-6-5-12(9-17(16)23-18)15-7-8-21-19(20)24-15/h2-10H,11H2,1H3,(H,22,23)(H2,20,21,24). The zero-order valence-electron chi connectivity index (χ0n) is 14.1. The first-order valence-corrected chi connectivity index (χ1v) is 8.06. The van der Waals surface area contributed by atoms with Crippen LogP contribution < -0.4 is 15.2 Å². The fourth-order valence-corrected chi connectivity index (χ4v) is 2.66. The molecule has 0 unspecified atom stereocenters. The monoisotopic (exact) mass is 347 g/mol. The van der Waals surface area contributed by atoms with E-state index in [0.717, 1.165) is 39.6 Å². The maximum atomic E-state index is 5.78. The van der Waals surface area contributed by atoms with Gasteiger partial charge in [0.1, 0.15) is 23.9 Å². The van der Waals surface area contributed by atoms with Gasteiger partial charge in [-0.3, -0.25) is 0 Å². The summed E-state index contributed by atoms with van der Waals surface area (Å²) in [6.07, 6.45) is 1.64. The third-order valence-electron chi connectivity index (χ3n) is 3.92. The summed E-state index contributed by atoms with van der Waals surface area (Å²) < 4.78 is 11.0. The number of nitrogens with two attached hydrogens (primary N) is 1. The summed E-state index contributed by atoms with van der Waals surface area (Å²) in [7, 11) is 1.63. The van der Waals surface area contributed by atoms with Crippen molar-refractivity contribution in [2.45, 2.75) is 6.61 Å². The van der Waals surface area contributed by atoms with Gasteiger partial charge in [0.25, 0.3) is 0 Å². The molecule has 0 amide bonds. The Morgan fingerprint density at radius 1 is 1.04 bits per heavy atom. The van der Waals surface area contributed by atoms with Crippen LogP contribution in [0.2, 0.25) is 0 Å². The normalized spacial score (nSPS) is 10.8. The van der Waals surface area contributed by atoms with Crippen LogP contribution in [0.3, 0.4) is 0 Å². The summed E-state index contributed by atoms with van der Waals surface area (Å²) in [5.41, 5.74) is 9.12.